The van der Waals surface area contributed by atoms with Crippen molar-refractivity contribution in [2.75, 3.05) is 20.1 Å². The molecule has 1 aliphatic heterocycles. The van der Waals surface area contributed by atoms with Crippen LogP contribution in [-0.2, 0) is 0 Å². The van der Waals surface area contributed by atoms with E-state index in [1.165, 1.54) is 6.42 Å². The zero-order chi connectivity index (χ0) is 10.3. The van der Waals surface area contributed by atoms with E-state index in [-0.39, 0.29) is 5.60 Å². The van der Waals surface area contributed by atoms with E-state index in [0.717, 1.165) is 32.4 Å². The summed E-state index contributed by atoms with van der Waals surface area (Å²) in [7, 11) is 2.07. The zero-order valence-electron chi connectivity index (χ0n) is 9.64. The van der Waals surface area contributed by atoms with Crippen LogP contribution in [0.2, 0.25) is 0 Å². The first-order valence-electron chi connectivity index (χ1n) is 5.57. The van der Waals surface area contributed by atoms with Crippen LogP contribution in [0.15, 0.2) is 0 Å². The van der Waals surface area contributed by atoms with Gasteiger partial charge in [-0.2, -0.15) is 0 Å². The molecule has 2 heteroatoms. The average molecular weight is 187 g/mol. The lowest BCUT2D eigenvalue weighted by Gasteiger charge is -2.21. The van der Waals surface area contributed by atoms with Crippen LogP contribution >= 0.6 is 0 Å². The van der Waals surface area contributed by atoms with E-state index < -0.39 is 0 Å². The Morgan fingerprint density at radius 3 is 2.38 bits per heavy atom. The molecule has 13 heavy (non-hydrogen) atoms. The molecule has 0 amide bonds. The van der Waals surface area contributed by atoms with E-state index in [0.29, 0.717) is 0 Å². The SMILES string of the molecule is CC.CCCCC1(O)CCN(C)C1. The maximum absolute atomic E-state index is 9.95. The van der Waals surface area contributed by atoms with Gasteiger partial charge in [0, 0.05) is 13.1 Å². The number of hydrogen-bond donors (Lipinski definition) is 1. The van der Waals surface area contributed by atoms with E-state index >= 15 is 0 Å². The number of likely N-dealkylation sites (tertiary alicyclic amines) is 1. The molecule has 80 valence electrons. The fraction of sp³-hybridized carbons (Fsp3) is 1.00. The molecule has 1 saturated heterocycles. The molecule has 1 rings (SSSR count). The van der Waals surface area contributed by atoms with Crippen LogP contribution in [0.4, 0.5) is 0 Å². The molecule has 0 saturated carbocycles. The van der Waals surface area contributed by atoms with Gasteiger partial charge in [0.2, 0.25) is 0 Å². The Morgan fingerprint density at radius 2 is 2.00 bits per heavy atom. The molecule has 0 aliphatic carbocycles. The minimum Gasteiger partial charge on any atom is -0.389 e. The van der Waals surface area contributed by atoms with Gasteiger partial charge >= 0.3 is 0 Å². The zero-order valence-corrected chi connectivity index (χ0v) is 9.64. The molecule has 1 heterocycles. The Labute approximate surface area is 82.9 Å². The van der Waals surface area contributed by atoms with Gasteiger partial charge in [-0.15, -0.1) is 0 Å². The summed E-state index contributed by atoms with van der Waals surface area (Å²) in [5.41, 5.74) is -0.356. The van der Waals surface area contributed by atoms with E-state index in [2.05, 4.69) is 18.9 Å². The van der Waals surface area contributed by atoms with Crippen molar-refractivity contribution in [1.82, 2.24) is 4.90 Å². The van der Waals surface area contributed by atoms with Gasteiger partial charge < -0.3 is 10.0 Å². The van der Waals surface area contributed by atoms with Crippen molar-refractivity contribution >= 4 is 0 Å². The Balaban J connectivity index is 0.000000671. The molecule has 1 unspecified atom stereocenters. The fourth-order valence-corrected chi connectivity index (χ4v) is 1.77. The Kier molecular flexibility index (Phi) is 6.35. The summed E-state index contributed by atoms with van der Waals surface area (Å²) in [5, 5.41) is 9.95. The van der Waals surface area contributed by atoms with Crippen LogP contribution in [0.1, 0.15) is 46.5 Å². The molecule has 1 atom stereocenters. The van der Waals surface area contributed by atoms with Gasteiger partial charge in [-0.1, -0.05) is 33.6 Å². The second-order valence-electron chi connectivity index (χ2n) is 3.82. The standard InChI is InChI=1S/C9H19NO.C2H6/c1-3-4-5-9(11)6-7-10(2)8-9;1-2/h11H,3-8H2,1-2H3;1-2H3. The minimum absolute atomic E-state index is 0.356. The second-order valence-corrected chi connectivity index (χ2v) is 3.82. The summed E-state index contributed by atoms with van der Waals surface area (Å²) in [6.07, 6.45) is 4.29. The molecule has 2 nitrogen and oxygen atoms in total. The maximum atomic E-state index is 9.95. The number of hydrogen-bond acceptors (Lipinski definition) is 2. The first-order chi connectivity index (χ1) is 6.16. The molecule has 0 spiro atoms. The van der Waals surface area contributed by atoms with E-state index in [1.54, 1.807) is 0 Å². The first kappa shape index (κ1) is 12.9. The summed E-state index contributed by atoms with van der Waals surface area (Å²) < 4.78 is 0. The lowest BCUT2D eigenvalue weighted by Crippen LogP contribution is -2.31. The average Bonchev–Trinajstić information content (AvgIpc) is 2.47. The maximum Gasteiger partial charge on any atom is 0.0786 e. The summed E-state index contributed by atoms with van der Waals surface area (Å²) in [5.74, 6) is 0. The lowest BCUT2D eigenvalue weighted by atomic mass is 9.96. The van der Waals surface area contributed by atoms with E-state index in [4.69, 9.17) is 0 Å². The molecule has 0 aromatic heterocycles. The lowest BCUT2D eigenvalue weighted by molar-refractivity contribution is 0.0410. The monoisotopic (exact) mass is 187 g/mol. The highest BCUT2D eigenvalue weighted by Crippen LogP contribution is 2.25. The summed E-state index contributed by atoms with van der Waals surface area (Å²) in [4.78, 5) is 2.20. The van der Waals surface area contributed by atoms with Crippen molar-refractivity contribution in [3.63, 3.8) is 0 Å². The van der Waals surface area contributed by atoms with Crippen molar-refractivity contribution in [3.8, 4) is 0 Å². The predicted molar refractivity (Wildman–Crippen MR) is 57.9 cm³/mol. The van der Waals surface area contributed by atoms with Crippen LogP contribution in [0.25, 0.3) is 0 Å². The fourth-order valence-electron chi connectivity index (χ4n) is 1.77. The topological polar surface area (TPSA) is 23.5 Å². The van der Waals surface area contributed by atoms with Gasteiger partial charge in [-0.05, 0) is 19.9 Å². The van der Waals surface area contributed by atoms with Gasteiger partial charge in [-0.3, -0.25) is 0 Å². The highest BCUT2D eigenvalue weighted by Gasteiger charge is 2.33. The third-order valence-electron chi connectivity index (χ3n) is 2.52. The highest BCUT2D eigenvalue weighted by atomic mass is 16.3. The summed E-state index contributed by atoms with van der Waals surface area (Å²) in [6, 6.07) is 0. The summed E-state index contributed by atoms with van der Waals surface area (Å²) in [6.45, 7) is 8.09. The molecular formula is C11H25NO. The van der Waals surface area contributed by atoms with Crippen molar-refractivity contribution in [2.24, 2.45) is 0 Å². The van der Waals surface area contributed by atoms with Crippen LogP contribution in [0.5, 0.6) is 0 Å². The van der Waals surface area contributed by atoms with Crippen LogP contribution < -0.4 is 0 Å². The summed E-state index contributed by atoms with van der Waals surface area (Å²) >= 11 is 0. The second kappa shape index (κ2) is 6.39. The number of rotatable bonds is 3. The Bertz CT molecular complexity index is 127. The van der Waals surface area contributed by atoms with Crippen LogP contribution in [0, 0.1) is 0 Å². The van der Waals surface area contributed by atoms with E-state index in [1.807, 2.05) is 13.8 Å². The smallest absolute Gasteiger partial charge is 0.0786 e. The van der Waals surface area contributed by atoms with Crippen LogP contribution in [0.3, 0.4) is 0 Å². The van der Waals surface area contributed by atoms with Crippen molar-refractivity contribution < 1.29 is 5.11 Å². The van der Waals surface area contributed by atoms with Gasteiger partial charge in [0.1, 0.15) is 0 Å². The van der Waals surface area contributed by atoms with Gasteiger partial charge in [0.25, 0.3) is 0 Å². The number of likely N-dealkylation sites (N-methyl/N-ethyl adjacent to an activating group) is 1. The normalized spacial score (nSPS) is 28.4. The van der Waals surface area contributed by atoms with Gasteiger partial charge in [0.05, 0.1) is 5.60 Å². The minimum atomic E-state index is -0.356. The molecule has 0 bridgehead atoms. The molecule has 0 aromatic rings. The number of aliphatic hydroxyl groups is 1. The highest BCUT2D eigenvalue weighted by molar-refractivity contribution is 4.88. The third-order valence-corrected chi connectivity index (χ3v) is 2.52. The van der Waals surface area contributed by atoms with Crippen LogP contribution in [-0.4, -0.2) is 35.7 Å². The quantitative estimate of drug-likeness (QED) is 0.732. The van der Waals surface area contributed by atoms with Gasteiger partial charge in [-0.25, -0.2) is 0 Å². The molecule has 1 aliphatic rings. The van der Waals surface area contributed by atoms with Crippen molar-refractivity contribution in [3.05, 3.63) is 0 Å². The third kappa shape index (κ3) is 4.63. The predicted octanol–water partition coefficient (Wildman–Crippen LogP) is 2.27. The Morgan fingerprint density at radius 1 is 1.38 bits per heavy atom. The van der Waals surface area contributed by atoms with Gasteiger partial charge in [0.15, 0.2) is 0 Å². The first-order valence-corrected chi connectivity index (χ1v) is 5.57. The number of unbranched alkanes of at least 4 members (excludes halogenated alkanes) is 1. The Hall–Kier alpha value is -0.0800. The molecule has 0 radical (unpaired) electrons. The molecule has 0 aromatic carbocycles. The van der Waals surface area contributed by atoms with Crippen molar-refractivity contribution in [1.29, 1.82) is 0 Å². The molecule has 1 N–H and O–H groups in total. The molecular weight excluding hydrogens is 162 g/mol. The van der Waals surface area contributed by atoms with E-state index in [9.17, 15) is 5.11 Å². The largest absolute Gasteiger partial charge is 0.389 e. The number of β-amino-alcohol motifs (C(OH)–C–C–N with tert-alkyl or cyclic N) is 1. The van der Waals surface area contributed by atoms with Crippen molar-refractivity contribution in [2.45, 2.75) is 52.1 Å². The number of nitrogens with zero attached hydrogens (tertiary/aromatic N) is 1. The molecule has 1 fully saturated rings.